The lowest BCUT2D eigenvalue weighted by molar-refractivity contribution is 0.398. The van der Waals surface area contributed by atoms with E-state index in [9.17, 15) is 0 Å². The number of rotatable bonds is 6. The molecule has 3 nitrogen and oxygen atoms in total. The highest BCUT2D eigenvalue weighted by molar-refractivity contribution is 8.00. The molecule has 2 aliphatic rings. The fourth-order valence-corrected chi connectivity index (χ4v) is 4.42. The van der Waals surface area contributed by atoms with Crippen molar-refractivity contribution >= 4 is 28.9 Å². The molecular weight excluding hydrogens is 364 g/mol. The van der Waals surface area contributed by atoms with Crippen molar-refractivity contribution in [3.63, 3.8) is 0 Å². The monoisotopic (exact) mass is 386 g/mol. The number of pyridine rings is 1. The van der Waals surface area contributed by atoms with Crippen molar-refractivity contribution in [2.45, 2.75) is 29.4 Å². The largest absolute Gasteiger partial charge is 0.480 e. The second kappa shape index (κ2) is 8.03. The van der Waals surface area contributed by atoms with Gasteiger partial charge in [-0.1, -0.05) is 29.8 Å². The van der Waals surface area contributed by atoms with Gasteiger partial charge in [-0.2, -0.15) is 0 Å². The second-order valence-corrected chi connectivity index (χ2v) is 8.64. The van der Waals surface area contributed by atoms with E-state index in [-0.39, 0.29) is 0 Å². The molecule has 1 atom stereocenters. The first kappa shape index (κ1) is 17.9. The van der Waals surface area contributed by atoms with Crippen molar-refractivity contribution in [3.05, 3.63) is 58.8 Å². The number of ether oxygens (including phenoxy) is 1. The Kier molecular flexibility index (Phi) is 5.53. The van der Waals surface area contributed by atoms with Crippen molar-refractivity contribution in [1.29, 1.82) is 0 Å². The summed E-state index contributed by atoms with van der Waals surface area (Å²) in [7, 11) is 1.60. The summed E-state index contributed by atoms with van der Waals surface area (Å²) in [5, 5.41) is 4.79. The number of halogens is 1. The van der Waals surface area contributed by atoms with Crippen LogP contribution in [0.3, 0.4) is 0 Å². The van der Waals surface area contributed by atoms with E-state index in [0.29, 0.717) is 16.8 Å². The first-order valence-corrected chi connectivity index (χ1v) is 10.4. The summed E-state index contributed by atoms with van der Waals surface area (Å²) in [5.74, 6) is 0.995. The van der Waals surface area contributed by atoms with Crippen LogP contribution < -0.4 is 10.1 Å². The Balaban J connectivity index is 1.68. The molecule has 1 aromatic heterocycles. The Labute approximate surface area is 164 Å². The molecule has 0 spiro atoms. The van der Waals surface area contributed by atoms with E-state index in [1.807, 2.05) is 23.9 Å². The fraction of sp³-hybridized carbons (Fsp3) is 0.381. The molecule has 0 radical (unpaired) electrons. The molecule has 2 aromatic rings. The van der Waals surface area contributed by atoms with E-state index >= 15 is 0 Å². The smallest absolute Gasteiger partial charge is 0.232 e. The molecule has 0 bridgehead atoms. The number of methoxy groups -OCH3 is 1. The number of aromatic nitrogens is 1. The van der Waals surface area contributed by atoms with Gasteiger partial charge in [-0.3, -0.25) is 0 Å². The van der Waals surface area contributed by atoms with Gasteiger partial charge >= 0.3 is 0 Å². The lowest BCUT2D eigenvalue weighted by Crippen LogP contribution is -2.08. The number of nitrogens with zero attached hydrogens (tertiary/aromatic N) is 1. The lowest BCUT2D eigenvalue weighted by Gasteiger charge is -2.13. The molecule has 1 saturated heterocycles. The van der Waals surface area contributed by atoms with Crippen molar-refractivity contribution in [1.82, 2.24) is 10.3 Å². The normalized spacial score (nSPS) is 20.4. The van der Waals surface area contributed by atoms with E-state index in [2.05, 4.69) is 40.6 Å². The number of hydrogen-bond donors (Lipinski definition) is 1. The predicted octanol–water partition coefficient (Wildman–Crippen LogP) is 5.04. The number of thioether (sulfide) groups is 1. The summed E-state index contributed by atoms with van der Waals surface area (Å²) < 4.78 is 5.33. The van der Waals surface area contributed by atoms with Crippen LogP contribution in [0.1, 0.15) is 30.5 Å². The van der Waals surface area contributed by atoms with Crippen molar-refractivity contribution in [2.24, 2.45) is 5.92 Å². The number of nitrogens with one attached hydrogen (secondary N) is 1. The molecule has 1 unspecified atom stereocenters. The maximum atomic E-state index is 6.17. The highest BCUT2D eigenvalue weighted by atomic mass is 35.5. The summed E-state index contributed by atoms with van der Waals surface area (Å²) in [6.07, 6.45) is 6.20. The molecule has 4 rings (SSSR count). The third-order valence-corrected chi connectivity index (χ3v) is 6.41. The van der Waals surface area contributed by atoms with Crippen LogP contribution in [0, 0.1) is 5.92 Å². The number of hydrogen-bond acceptors (Lipinski definition) is 4. The minimum atomic E-state index is 0.473. The molecule has 1 aliphatic carbocycles. The standard InChI is InChI=1S/C21H23ClN2OS/c1-25-21-19(22)8-9-20(24-21)18(12-14-10-11-23-13-14)15-2-4-16(5-3-15)26-17-6-7-17/h2-5,8-9,12,14,17,23H,6-7,10-11,13H2,1H3. The number of benzene rings is 1. The lowest BCUT2D eigenvalue weighted by atomic mass is 9.96. The maximum Gasteiger partial charge on any atom is 0.232 e. The molecule has 26 heavy (non-hydrogen) atoms. The zero-order chi connectivity index (χ0) is 17.9. The average molecular weight is 387 g/mol. The first-order chi connectivity index (χ1) is 12.7. The first-order valence-electron chi connectivity index (χ1n) is 9.13. The minimum absolute atomic E-state index is 0.473. The van der Waals surface area contributed by atoms with Gasteiger partial charge in [0.05, 0.1) is 12.8 Å². The fourth-order valence-electron chi connectivity index (χ4n) is 3.19. The third kappa shape index (κ3) is 4.25. The maximum absolute atomic E-state index is 6.17. The van der Waals surface area contributed by atoms with Gasteiger partial charge in [-0.15, -0.1) is 11.8 Å². The highest BCUT2D eigenvalue weighted by Crippen LogP contribution is 2.39. The van der Waals surface area contributed by atoms with Crippen LogP contribution in [0.25, 0.3) is 5.57 Å². The van der Waals surface area contributed by atoms with E-state index in [1.54, 1.807) is 7.11 Å². The van der Waals surface area contributed by atoms with Gasteiger partial charge in [0.15, 0.2) is 0 Å². The third-order valence-electron chi connectivity index (χ3n) is 4.78. The van der Waals surface area contributed by atoms with Gasteiger partial charge in [0.2, 0.25) is 5.88 Å². The molecule has 1 N–H and O–H groups in total. The average Bonchev–Trinajstić information content (AvgIpc) is 3.33. The molecule has 1 aromatic carbocycles. The Morgan fingerprint density at radius 2 is 2.00 bits per heavy atom. The molecule has 1 aliphatic heterocycles. The minimum Gasteiger partial charge on any atom is -0.480 e. The molecule has 0 amide bonds. The Bertz CT molecular complexity index is 796. The van der Waals surface area contributed by atoms with Crippen LogP contribution in [0.2, 0.25) is 5.02 Å². The molecule has 1 saturated carbocycles. The van der Waals surface area contributed by atoms with Crippen molar-refractivity contribution in [3.8, 4) is 5.88 Å². The van der Waals surface area contributed by atoms with E-state index in [1.165, 1.54) is 23.3 Å². The topological polar surface area (TPSA) is 34.1 Å². The molecule has 2 heterocycles. The SMILES string of the molecule is COc1nc(C(=CC2CCNC2)c2ccc(SC3CC3)cc2)ccc1Cl. The molecule has 2 fully saturated rings. The van der Waals surface area contributed by atoms with E-state index < -0.39 is 0 Å². The summed E-state index contributed by atoms with van der Waals surface area (Å²) in [5.41, 5.74) is 3.24. The van der Waals surface area contributed by atoms with Crippen LogP contribution in [0.15, 0.2) is 47.4 Å². The van der Waals surface area contributed by atoms with E-state index in [0.717, 1.165) is 36.0 Å². The molecular formula is C21H23ClN2OS. The Morgan fingerprint density at radius 1 is 1.19 bits per heavy atom. The quantitative estimate of drug-likeness (QED) is 0.754. The van der Waals surface area contributed by atoms with Crippen molar-refractivity contribution < 1.29 is 4.74 Å². The second-order valence-electron chi connectivity index (χ2n) is 6.86. The van der Waals surface area contributed by atoms with Crippen LogP contribution in [0.5, 0.6) is 5.88 Å². The summed E-state index contributed by atoms with van der Waals surface area (Å²) in [6.45, 7) is 2.09. The summed E-state index contributed by atoms with van der Waals surface area (Å²) in [6, 6.07) is 12.7. The van der Waals surface area contributed by atoms with E-state index in [4.69, 9.17) is 16.3 Å². The zero-order valence-corrected chi connectivity index (χ0v) is 16.4. The van der Waals surface area contributed by atoms with Gasteiger partial charge in [-0.05, 0) is 61.6 Å². The van der Waals surface area contributed by atoms with Crippen LogP contribution >= 0.6 is 23.4 Å². The molecule has 136 valence electrons. The highest BCUT2D eigenvalue weighted by Gasteiger charge is 2.22. The van der Waals surface area contributed by atoms with Crippen LogP contribution in [-0.4, -0.2) is 30.4 Å². The van der Waals surface area contributed by atoms with Gasteiger partial charge in [-0.25, -0.2) is 4.98 Å². The van der Waals surface area contributed by atoms with Gasteiger partial charge in [0.25, 0.3) is 0 Å². The zero-order valence-electron chi connectivity index (χ0n) is 14.9. The van der Waals surface area contributed by atoms with Crippen LogP contribution in [-0.2, 0) is 0 Å². The summed E-state index contributed by atoms with van der Waals surface area (Å²) >= 11 is 8.16. The Morgan fingerprint density at radius 3 is 2.65 bits per heavy atom. The molecule has 5 heteroatoms. The predicted molar refractivity (Wildman–Crippen MR) is 109 cm³/mol. The Hall–Kier alpha value is -1.49. The van der Waals surface area contributed by atoms with Gasteiger partial charge in [0.1, 0.15) is 5.02 Å². The van der Waals surface area contributed by atoms with Gasteiger partial charge in [0, 0.05) is 22.3 Å². The summed E-state index contributed by atoms with van der Waals surface area (Å²) in [4.78, 5) is 5.99. The van der Waals surface area contributed by atoms with Gasteiger partial charge < -0.3 is 10.1 Å². The van der Waals surface area contributed by atoms with Crippen LogP contribution in [0.4, 0.5) is 0 Å². The van der Waals surface area contributed by atoms with Crippen molar-refractivity contribution in [2.75, 3.05) is 20.2 Å².